The predicted octanol–water partition coefficient (Wildman–Crippen LogP) is 1.10. The molecule has 2 fully saturated rings. The molecular formula is C10H16N2O3S2. The van der Waals surface area contributed by atoms with Crippen molar-refractivity contribution in [2.75, 3.05) is 5.75 Å². The van der Waals surface area contributed by atoms with E-state index in [0.717, 1.165) is 25.0 Å². The van der Waals surface area contributed by atoms with Crippen LogP contribution in [-0.4, -0.2) is 35.1 Å². The maximum Gasteiger partial charge on any atom is 0.317 e. The number of urea groups is 1. The van der Waals surface area contributed by atoms with Gasteiger partial charge >= 0.3 is 12.0 Å². The molecule has 2 saturated heterocycles. The smallest absolute Gasteiger partial charge is 0.317 e. The third-order valence-corrected chi connectivity index (χ3v) is 4.87. The average Bonchev–Trinajstić information content (AvgIpc) is 2.84. The number of nitrogens with one attached hydrogen (secondary N) is 2. The summed E-state index contributed by atoms with van der Waals surface area (Å²) in [6.07, 6.45) is 3.22. The van der Waals surface area contributed by atoms with Crippen LogP contribution in [-0.2, 0) is 8.98 Å². The second-order valence-corrected chi connectivity index (χ2v) is 5.79. The first-order valence-electron chi connectivity index (χ1n) is 5.73. The van der Waals surface area contributed by atoms with E-state index in [9.17, 15) is 9.59 Å². The van der Waals surface area contributed by atoms with Crippen molar-refractivity contribution in [3.63, 3.8) is 0 Å². The summed E-state index contributed by atoms with van der Waals surface area (Å²) in [5, 5.41) is 6.32. The van der Waals surface area contributed by atoms with Gasteiger partial charge in [-0.25, -0.2) is 4.79 Å². The third kappa shape index (κ3) is 3.22. The summed E-state index contributed by atoms with van der Waals surface area (Å²) < 4.78 is 4.29. The Morgan fingerprint density at radius 2 is 2.29 bits per heavy atom. The highest BCUT2D eigenvalue weighted by Crippen LogP contribution is 2.33. The first kappa shape index (κ1) is 12.9. The van der Waals surface area contributed by atoms with Crippen molar-refractivity contribution in [2.24, 2.45) is 0 Å². The van der Waals surface area contributed by atoms with Gasteiger partial charge < -0.3 is 14.8 Å². The Morgan fingerprint density at radius 1 is 1.47 bits per heavy atom. The van der Waals surface area contributed by atoms with Gasteiger partial charge in [0.2, 0.25) is 0 Å². The Kier molecular flexibility index (Phi) is 4.44. The van der Waals surface area contributed by atoms with Crippen molar-refractivity contribution in [2.45, 2.75) is 43.0 Å². The Hall–Kier alpha value is -0.560. The van der Waals surface area contributed by atoms with Crippen LogP contribution in [0, 0.1) is 0 Å². The van der Waals surface area contributed by atoms with Crippen molar-refractivity contribution in [3.8, 4) is 0 Å². The zero-order valence-electron chi connectivity index (χ0n) is 9.35. The van der Waals surface area contributed by atoms with E-state index in [1.807, 2.05) is 11.8 Å². The predicted molar refractivity (Wildman–Crippen MR) is 69.0 cm³/mol. The molecule has 7 heteroatoms. The molecular weight excluding hydrogens is 260 g/mol. The number of carbonyl (C=O) groups is 2. The number of hydrogen-bond donors (Lipinski definition) is 3. The number of amides is 2. The standard InChI is InChI=1S/C10H16N2O3S2/c13-8(15-16)4-2-1-3-7-9-6(5-17-7)11-10(14)12-9/h6-7,9,16H,1-5H2,(H2,11,12,14). The monoisotopic (exact) mass is 276 g/mol. The van der Waals surface area contributed by atoms with E-state index in [-0.39, 0.29) is 24.1 Å². The summed E-state index contributed by atoms with van der Waals surface area (Å²) in [6.45, 7) is 0. The highest BCUT2D eigenvalue weighted by Gasteiger charge is 2.42. The van der Waals surface area contributed by atoms with Crippen LogP contribution in [0.3, 0.4) is 0 Å². The zero-order valence-corrected chi connectivity index (χ0v) is 11.1. The second kappa shape index (κ2) is 5.86. The van der Waals surface area contributed by atoms with Crippen LogP contribution in [0.25, 0.3) is 0 Å². The van der Waals surface area contributed by atoms with Crippen molar-refractivity contribution >= 4 is 36.7 Å². The summed E-state index contributed by atoms with van der Waals surface area (Å²) in [5.74, 6) is 0.702. The largest absolute Gasteiger partial charge is 0.395 e. The number of hydrogen-bond acceptors (Lipinski definition) is 5. The molecule has 0 aromatic carbocycles. The Labute approximate surface area is 110 Å². The zero-order chi connectivity index (χ0) is 12.3. The van der Waals surface area contributed by atoms with Crippen molar-refractivity contribution in [1.29, 1.82) is 0 Å². The summed E-state index contributed by atoms with van der Waals surface area (Å²) in [4.78, 5) is 22.0. The van der Waals surface area contributed by atoms with E-state index < -0.39 is 0 Å². The van der Waals surface area contributed by atoms with Crippen LogP contribution in [0.1, 0.15) is 25.7 Å². The van der Waals surface area contributed by atoms with Gasteiger partial charge in [-0.15, -0.1) is 0 Å². The number of carbonyl (C=O) groups excluding carboxylic acids is 2. The minimum atomic E-state index is -0.277. The molecule has 2 amide bonds. The lowest BCUT2D eigenvalue weighted by atomic mass is 10.0. The normalized spacial score (nSPS) is 30.6. The quantitative estimate of drug-likeness (QED) is 0.304. The van der Waals surface area contributed by atoms with Crippen LogP contribution < -0.4 is 10.6 Å². The van der Waals surface area contributed by atoms with E-state index >= 15 is 0 Å². The fourth-order valence-corrected chi connectivity index (χ4v) is 3.94. The molecule has 2 N–H and O–H groups in total. The lowest BCUT2D eigenvalue weighted by Gasteiger charge is -2.16. The van der Waals surface area contributed by atoms with Crippen molar-refractivity contribution in [3.05, 3.63) is 0 Å². The molecule has 2 heterocycles. The summed E-state index contributed by atoms with van der Waals surface area (Å²) in [6, 6.07) is 0.480. The average molecular weight is 276 g/mol. The van der Waals surface area contributed by atoms with Crippen LogP contribution in [0.2, 0.25) is 0 Å². The number of rotatable bonds is 5. The number of unbranched alkanes of at least 4 members (excludes halogenated alkanes) is 1. The molecule has 0 saturated carbocycles. The number of thiol groups is 1. The topological polar surface area (TPSA) is 67.4 Å². The molecule has 0 bridgehead atoms. The molecule has 2 rings (SSSR count). The van der Waals surface area contributed by atoms with E-state index in [2.05, 4.69) is 27.7 Å². The number of thioether (sulfide) groups is 1. The Balaban J connectivity index is 1.66. The van der Waals surface area contributed by atoms with Gasteiger partial charge in [0.15, 0.2) is 0 Å². The van der Waals surface area contributed by atoms with Gasteiger partial charge in [-0.2, -0.15) is 11.8 Å². The molecule has 5 nitrogen and oxygen atoms in total. The molecule has 0 aromatic heterocycles. The maximum absolute atomic E-state index is 11.2. The minimum Gasteiger partial charge on any atom is -0.395 e. The van der Waals surface area contributed by atoms with Crippen LogP contribution in [0.15, 0.2) is 0 Å². The fourth-order valence-electron chi connectivity index (χ4n) is 2.30. The lowest BCUT2D eigenvalue weighted by molar-refractivity contribution is -0.132. The molecule has 2 aliphatic heterocycles. The van der Waals surface area contributed by atoms with Gasteiger partial charge in [0, 0.05) is 30.3 Å². The molecule has 96 valence electrons. The minimum absolute atomic E-state index is 0.0519. The van der Waals surface area contributed by atoms with Gasteiger partial charge in [0.1, 0.15) is 0 Å². The van der Waals surface area contributed by atoms with Gasteiger partial charge in [-0.05, 0) is 12.8 Å². The molecule has 3 atom stereocenters. The molecule has 0 aromatic rings. The highest BCUT2D eigenvalue weighted by atomic mass is 32.2. The molecule has 0 aliphatic carbocycles. The summed E-state index contributed by atoms with van der Waals surface area (Å²) in [5.41, 5.74) is 0. The van der Waals surface area contributed by atoms with Gasteiger partial charge in [0.25, 0.3) is 0 Å². The van der Waals surface area contributed by atoms with E-state index in [4.69, 9.17) is 0 Å². The first-order valence-corrected chi connectivity index (χ1v) is 7.15. The van der Waals surface area contributed by atoms with Crippen LogP contribution in [0.4, 0.5) is 4.79 Å². The molecule has 3 unspecified atom stereocenters. The van der Waals surface area contributed by atoms with Gasteiger partial charge in [0.05, 0.1) is 12.1 Å². The molecule has 2 aliphatic rings. The van der Waals surface area contributed by atoms with Crippen LogP contribution in [0.5, 0.6) is 0 Å². The van der Waals surface area contributed by atoms with Crippen LogP contribution >= 0.6 is 24.7 Å². The molecule has 0 spiro atoms. The van der Waals surface area contributed by atoms with Gasteiger partial charge in [-0.1, -0.05) is 6.42 Å². The molecule has 17 heavy (non-hydrogen) atoms. The SMILES string of the molecule is O=C1NC2CSC(CCCCC(=O)OS)C2N1. The van der Waals surface area contributed by atoms with Crippen molar-refractivity contribution < 1.29 is 13.8 Å². The van der Waals surface area contributed by atoms with Crippen molar-refractivity contribution in [1.82, 2.24) is 10.6 Å². The van der Waals surface area contributed by atoms with E-state index in [0.29, 0.717) is 11.7 Å². The maximum atomic E-state index is 11.2. The summed E-state index contributed by atoms with van der Waals surface area (Å²) >= 11 is 5.35. The third-order valence-electron chi connectivity index (χ3n) is 3.16. The lowest BCUT2D eigenvalue weighted by Crippen LogP contribution is -2.36. The van der Waals surface area contributed by atoms with E-state index in [1.54, 1.807) is 0 Å². The Bertz CT molecular complexity index is 314. The number of fused-ring (bicyclic) bond motifs is 1. The molecule has 0 radical (unpaired) electrons. The Morgan fingerprint density at radius 3 is 3.06 bits per heavy atom. The van der Waals surface area contributed by atoms with E-state index in [1.165, 1.54) is 0 Å². The summed E-state index contributed by atoms with van der Waals surface area (Å²) in [7, 11) is 0. The highest BCUT2D eigenvalue weighted by molar-refractivity contribution is 8.00. The second-order valence-electron chi connectivity index (χ2n) is 4.33. The first-order chi connectivity index (χ1) is 8.20. The fraction of sp³-hybridized carbons (Fsp3) is 0.800. The van der Waals surface area contributed by atoms with Gasteiger partial charge in [-0.3, -0.25) is 4.79 Å².